The Labute approximate surface area is 210 Å². The van der Waals surface area contributed by atoms with Crippen LogP contribution in [0.15, 0.2) is 72.3 Å². The highest BCUT2D eigenvalue weighted by Crippen LogP contribution is 2.45. The molecule has 1 aliphatic rings. The van der Waals surface area contributed by atoms with Crippen molar-refractivity contribution >= 4 is 23.1 Å². The zero-order valence-electron chi connectivity index (χ0n) is 20.9. The second kappa shape index (κ2) is 10.2. The summed E-state index contributed by atoms with van der Waals surface area (Å²) in [5.41, 5.74) is 2.25. The fraction of sp³-hybridized carbons (Fsp3) is 0.241. The van der Waals surface area contributed by atoms with Crippen LogP contribution in [0.1, 0.15) is 36.6 Å². The number of carbonyl (C=O) groups is 2. The van der Waals surface area contributed by atoms with E-state index in [9.17, 15) is 14.7 Å². The highest BCUT2D eigenvalue weighted by atomic mass is 16.5. The van der Waals surface area contributed by atoms with Gasteiger partial charge in [-0.3, -0.25) is 14.5 Å². The number of amides is 1. The van der Waals surface area contributed by atoms with Crippen LogP contribution in [0.25, 0.3) is 5.76 Å². The lowest BCUT2D eigenvalue weighted by atomic mass is 9.94. The van der Waals surface area contributed by atoms with E-state index < -0.39 is 17.7 Å². The standard InChI is InChI=1S/C29H29NO6/c1-17(2)36-21-13-11-20(12-14-21)30-26(22-8-6-7-9-24(22)35-5)25(28(32)29(30)33)27(31)19-10-15-23(34-4)18(3)16-19/h6-17,26,31H,1-5H3/b27-25+. The third-order valence-corrected chi connectivity index (χ3v) is 6.03. The number of anilines is 1. The van der Waals surface area contributed by atoms with Crippen LogP contribution >= 0.6 is 0 Å². The van der Waals surface area contributed by atoms with E-state index in [1.54, 1.807) is 73.8 Å². The molecular formula is C29H29NO6. The maximum Gasteiger partial charge on any atom is 0.300 e. The van der Waals surface area contributed by atoms with Crippen LogP contribution in [0, 0.1) is 6.92 Å². The van der Waals surface area contributed by atoms with Crippen molar-refractivity contribution in [2.24, 2.45) is 0 Å². The van der Waals surface area contributed by atoms with Crippen LogP contribution in [0.4, 0.5) is 5.69 Å². The zero-order valence-corrected chi connectivity index (χ0v) is 20.9. The molecule has 0 saturated carbocycles. The monoisotopic (exact) mass is 487 g/mol. The first kappa shape index (κ1) is 24.9. The predicted octanol–water partition coefficient (Wildman–Crippen LogP) is 5.43. The summed E-state index contributed by atoms with van der Waals surface area (Å²) in [6, 6.07) is 18.3. The van der Waals surface area contributed by atoms with E-state index >= 15 is 0 Å². The molecule has 0 aliphatic carbocycles. The lowest BCUT2D eigenvalue weighted by Gasteiger charge is -2.27. The number of Topliss-reactive ketones (excluding diaryl/α,β-unsaturated/α-hetero) is 1. The summed E-state index contributed by atoms with van der Waals surface area (Å²) in [5.74, 6) is 0.00252. The second-order valence-electron chi connectivity index (χ2n) is 8.76. The Balaban J connectivity index is 1.91. The number of benzene rings is 3. The quantitative estimate of drug-likeness (QED) is 0.272. The maximum absolute atomic E-state index is 13.4. The summed E-state index contributed by atoms with van der Waals surface area (Å²) >= 11 is 0. The van der Waals surface area contributed by atoms with Crippen molar-refractivity contribution in [2.75, 3.05) is 19.1 Å². The van der Waals surface area contributed by atoms with Gasteiger partial charge in [-0.2, -0.15) is 0 Å². The lowest BCUT2D eigenvalue weighted by molar-refractivity contribution is -0.132. The summed E-state index contributed by atoms with van der Waals surface area (Å²) in [6.07, 6.45) is -0.00777. The second-order valence-corrected chi connectivity index (χ2v) is 8.76. The summed E-state index contributed by atoms with van der Waals surface area (Å²) in [6.45, 7) is 5.69. The van der Waals surface area contributed by atoms with Crippen LogP contribution in [-0.2, 0) is 9.59 Å². The molecule has 1 aliphatic heterocycles. The third kappa shape index (κ3) is 4.52. The molecular weight excluding hydrogens is 458 g/mol. The van der Waals surface area contributed by atoms with Gasteiger partial charge in [0.2, 0.25) is 0 Å². The molecule has 4 rings (SSSR count). The molecule has 7 nitrogen and oxygen atoms in total. The fourth-order valence-electron chi connectivity index (χ4n) is 4.42. The first-order chi connectivity index (χ1) is 17.3. The molecule has 1 heterocycles. The fourth-order valence-corrected chi connectivity index (χ4v) is 4.42. The summed E-state index contributed by atoms with van der Waals surface area (Å²) in [4.78, 5) is 28.2. The van der Waals surface area contributed by atoms with Gasteiger partial charge in [-0.15, -0.1) is 0 Å². The lowest BCUT2D eigenvalue weighted by Crippen LogP contribution is -2.29. The molecule has 186 valence electrons. The highest BCUT2D eigenvalue weighted by molar-refractivity contribution is 6.51. The van der Waals surface area contributed by atoms with E-state index in [2.05, 4.69) is 0 Å². The van der Waals surface area contributed by atoms with Crippen molar-refractivity contribution in [3.05, 3.63) is 89.0 Å². The van der Waals surface area contributed by atoms with Gasteiger partial charge in [0, 0.05) is 16.8 Å². The molecule has 3 aromatic rings. The van der Waals surface area contributed by atoms with Crippen molar-refractivity contribution < 1.29 is 28.9 Å². The zero-order chi connectivity index (χ0) is 26.0. The molecule has 3 aromatic carbocycles. The van der Waals surface area contributed by atoms with Gasteiger partial charge < -0.3 is 19.3 Å². The van der Waals surface area contributed by atoms with Crippen molar-refractivity contribution in [1.82, 2.24) is 0 Å². The smallest absolute Gasteiger partial charge is 0.300 e. The van der Waals surface area contributed by atoms with Crippen molar-refractivity contribution in [3.63, 3.8) is 0 Å². The molecule has 7 heteroatoms. The Hall–Kier alpha value is -4.26. The van der Waals surface area contributed by atoms with Crippen molar-refractivity contribution in [1.29, 1.82) is 0 Å². The van der Waals surface area contributed by atoms with E-state index in [0.29, 0.717) is 34.1 Å². The largest absolute Gasteiger partial charge is 0.507 e. The Morgan fingerprint density at radius 1 is 0.917 bits per heavy atom. The van der Waals surface area contributed by atoms with E-state index in [4.69, 9.17) is 14.2 Å². The SMILES string of the molecule is COc1ccc(/C(O)=C2\C(=O)C(=O)N(c3ccc(OC(C)C)cc3)C2c2ccccc2OC)cc1C. The molecule has 1 amide bonds. The summed E-state index contributed by atoms with van der Waals surface area (Å²) in [7, 11) is 3.09. The molecule has 1 saturated heterocycles. The number of para-hydroxylation sites is 1. The van der Waals surface area contributed by atoms with E-state index in [1.165, 1.54) is 12.0 Å². The molecule has 0 aromatic heterocycles. The van der Waals surface area contributed by atoms with Crippen molar-refractivity contribution in [2.45, 2.75) is 32.9 Å². The number of rotatable bonds is 7. The number of aliphatic hydroxyl groups is 1. The minimum absolute atomic E-state index is 0.00777. The average Bonchev–Trinajstić information content (AvgIpc) is 3.13. The van der Waals surface area contributed by atoms with Crippen LogP contribution in [0.3, 0.4) is 0 Å². The molecule has 36 heavy (non-hydrogen) atoms. The number of ether oxygens (including phenoxy) is 3. The first-order valence-electron chi connectivity index (χ1n) is 11.6. The molecule has 0 bridgehead atoms. The van der Waals surface area contributed by atoms with Gasteiger partial charge in [-0.1, -0.05) is 18.2 Å². The van der Waals surface area contributed by atoms with Crippen LogP contribution in [0.5, 0.6) is 17.2 Å². The van der Waals surface area contributed by atoms with Gasteiger partial charge in [0.05, 0.1) is 31.9 Å². The number of aryl methyl sites for hydroxylation is 1. The van der Waals surface area contributed by atoms with Crippen molar-refractivity contribution in [3.8, 4) is 17.2 Å². The van der Waals surface area contributed by atoms with Gasteiger partial charge in [-0.25, -0.2) is 0 Å². The number of hydrogen-bond acceptors (Lipinski definition) is 6. The van der Waals surface area contributed by atoms with Gasteiger partial charge in [0.25, 0.3) is 11.7 Å². The normalized spacial score (nSPS) is 16.9. The number of methoxy groups -OCH3 is 2. The van der Waals surface area contributed by atoms with Gasteiger partial charge in [0.1, 0.15) is 23.0 Å². The first-order valence-corrected chi connectivity index (χ1v) is 11.6. The number of aliphatic hydroxyl groups excluding tert-OH is 1. The van der Waals surface area contributed by atoms with Gasteiger partial charge >= 0.3 is 0 Å². The third-order valence-electron chi connectivity index (χ3n) is 6.03. The van der Waals surface area contributed by atoms with E-state index in [1.807, 2.05) is 20.8 Å². The molecule has 1 fully saturated rings. The Bertz CT molecular complexity index is 1330. The van der Waals surface area contributed by atoms with Gasteiger partial charge in [0.15, 0.2) is 0 Å². The van der Waals surface area contributed by atoms with Crippen LogP contribution in [-0.4, -0.2) is 37.1 Å². The predicted molar refractivity (Wildman–Crippen MR) is 138 cm³/mol. The Morgan fingerprint density at radius 3 is 2.19 bits per heavy atom. The number of nitrogens with zero attached hydrogens (tertiary/aromatic N) is 1. The molecule has 1 atom stereocenters. The average molecular weight is 488 g/mol. The van der Waals surface area contributed by atoms with Crippen LogP contribution in [0.2, 0.25) is 0 Å². The number of ketones is 1. The summed E-state index contributed by atoms with van der Waals surface area (Å²) in [5, 5.41) is 11.4. The number of hydrogen-bond donors (Lipinski definition) is 1. The van der Waals surface area contributed by atoms with Gasteiger partial charge in [-0.05, 0) is 74.9 Å². The Morgan fingerprint density at radius 2 is 1.58 bits per heavy atom. The minimum Gasteiger partial charge on any atom is -0.507 e. The Kier molecular flexibility index (Phi) is 7.01. The maximum atomic E-state index is 13.4. The summed E-state index contributed by atoms with van der Waals surface area (Å²) < 4.78 is 16.6. The molecule has 1 N–H and O–H groups in total. The topological polar surface area (TPSA) is 85.3 Å². The minimum atomic E-state index is -0.902. The molecule has 1 unspecified atom stereocenters. The van der Waals surface area contributed by atoms with E-state index in [0.717, 1.165) is 5.56 Å². The van der Waals surface area contributed by atoms with Crippen LogP contribution < -0.4 is 19.1 Å². The molecule has 0 radical (unpaired) electrons. The highest BCUT2D eigenvalue weighted by Gasteiger charge is 2.48. The molecule has 0 spiro atoms. The number of carbonyl (C=O) groups excluding carboxylic acids is 2. The van der Waals surface area contributed by atoms with E-state index in [-0.39, 0.29) is 17.4 Å².